The molecule has 0 fully saturated rings. The Morgan fingerprint density at radius 3 is 2.69 bits per heavy atom. The van der Waals surface area contributed by atoms with E-state index in [-0.39, 0.29) is 5.78 Å². The molecule has 0 spiro atoms. The minimum Gasteiger partial charge on any atom is -0.497 e. The summed E-state index contributed by atoms with van der Waals surface area (Å²) in [6.07, 6.45) is 3.87. The van der Waals surface area contributed by atoms with Gasteiger partial charge in [-0.2, -0.15) is 0 Å². The lowest BCUT2D eigenvalue weighted by Crippen LogP contribution is -2.32. The number of hydrogen-bond acceptors (Lipinski definition) is 5. The van der Waals surface area contributed by atoms with E-state index in [0.29, 0.717) is 30.3 Å². The fourth-order valence-electron chi connectivity index (χ4n) is 5.02. The summed E-state index contributed by atoms with van der Waals surface area (Å²) in [7, 11) is 3.67. The molecule has 3 heterocycles. The predicted molar refractivity (Wildman–Crippen MR) is 135 cm³/mol. The molecule has 6 nitrogen and oxygen atoms in total. The van der Waals surface area contributed by atoms with Crippen molar-refractivity contribution in [2.75, 3.05) is 13.8 Å². The molecule has 0 amide bonds. The molecule has 35 heavy (non-hydrogen) atoms. The SMILES string of the molecule is COc1ccc(CN2COc3c(cc4c(c3C)O/C(=C\c3cn(C)c5ccccc35)C4=O)C2)cc1. The van der Waals surface area contributed by atoms with Crippen molar-refractivity contribution in [2.45, 2.75) is 20.0 Å². The second kappa shape index (κ2) is 8.32. The van der Waals surface area contributed by atoms with Crippen molar-refractivity contribution in [3.8, 4) is 17.2 Å². The molecule has 0 saturated heterocycles. The first-order valence-corrected chi connectivity index (χ1v) is 11.6. The number of aryl methyl sites for hydroxylation is 1. The highest BCUT2D eigenvalue weighted by Crippen LogP contribution is 2.43. The van der Waals surface area contributed by atoms with Crippen LogP contribution in [-0.4, -0.2) is 29.1 Å². The molecule has 0 radical (unpaired) electrons. The van der Waals surface area contributed by atoms with E-state index in [1.807, 2.05) is 56.6 Å². The molecule has 0 atom stereocenters. The Labute approximate surface area is 203 Å². The van der Waals surface area contributed by atoms with Gasteiger partial charge in [-0.3, -0.25) is 9.69 Å². The van der Waals surface area contributed by atoms with Gasteiger partial charge in [-0.1, -0.05) is 30.3 Å². The third-order valence-corrected chi connectivity index (χ3v) is 6.78. The monoisotopic (exact) mass is 466 g/mol. The summed E-state index contributed by atoms with van der Waals surface area (Å²) in [5, 5.41) is 1.09. The second-order valence-corrected chi connectivity index (χ2v) is 9.13. The third-order valence-electron chi connectivity index (χ3n) is 6.78. The average molecular weight is 467 g/mol. The topological polar surface area (TPSA) is 52.9 Å². The fourth-order valence-corrected chi connectivity index (χ4v) is 5.02. The summed E-state index contributed by atoms with van der Waals surface area (Å²) in [6.45, 7) is 3.89. The Hall–Kier alpha value is -4.03. The van der Waals surface area contributed by atoms with Gasteiger partial charge in [0.2, 0.25) is 5.78 Å². The zero-order valence-corrected chi connectivity index (χ0v) is 20.0. The van der Waals surface area contributed by atoms with Gasteiger partial charge in [0.1, 0.15) is 24.0 Å². The van der Waals surface area contributed by atoms with Crippen molar-refractivity contribution in [1.29, 1.82) is 0 Å². The molecule has 0 aliphatic carbocycles. The van der Waals surface area contributed by atoms with Gasteiger partial charge in [-0.15, -0.1) is 0 Å². The standard InChI is InChI=1S/C29H26N2O4/c1-18-28-21(16-31(17-34-28)14-19-8-10-22(33-3)11-9-19)12-24-27(32)26(35-29(18)24)13-20-15-30(2)25-7-5-4-6-23(20)25/h4-13,15H,14,16-17H2,1-3H3/b26-13-. The number of hydrogen-bond donors (Lipinski definition) is 0. The number of ketones is 1. The number of para-hydroxylation sites is 1. The van der Waals surface area contributed by atoms with Crippen LogP contribution in [0, 0.1) is 6.92 Å². The molecule has 6 heteroatoms. The number of benzene rings is 3. The second-order valence-electron chi connectivity index (χ2n) is 9.13. The van der Waals surface area contributed by atoms with Crippen LogP contribution in [0.3, 0.4) is 0 Å². The van der Waals surface area contributed by atoms with Gasteiger partial charge in [0, 0.05) is 53.9 Å². The van der Waals surface area contributed by atoms with E-state index in [1.54, 1.807) is 7.11 Å². The molecule has 0 bridgehead atoms. The van der Waals surface area contributed by atoms with E-state index >= 15 is 0 Å². The van der Waals surface area contributed by atoms with E-state index in [9.17, 15) is 4.79 Å². The Bertz CT molecular complexity index is 1500. The van der Waals surface area contributed by atoms with E-state index < -0.39 is 0 Å². The van der Waals surface area contributed by atoms with Crippen molar-refractivity contribution in [3.63, 3.8) is 0 Å². The number of fused-ring (bicyclic) bond motifs is 3. The number of ether oxygens (including phenoxy) is 3. The predicted octanol–water partition coefficient (Wildman–Crippen LogP) is 5.46. The number of carbonyl (C=O) groups excluding carboxylic acids is 1. The van der Waals surface area contributed by atoms with Crippen molar-refractivity contribution < 1.29 is 19.0 Å². The lowest BCUT2D eigenvalue weighted by atomic mass is 9.99. The van der Waals surface area contributed by atoms with Crippen LogP contribution in [0.15, 0.2) is 66.6 Å². The summed E-state index contributed by atoms with van der Waals surface area (Å²) in [5.74, 6) is 2.51. The molecular formula is C29H26N2O4. The summed E-state index contributed by atoms with van der Waals surface area (Å²) < 4.78 is 19.6. The van der Waals surface area contributed by atoms with E-state index in [1.165, 1.54) is 5.56 Å². The van der Waals surface area contributed by atoms with E-state index in [0.717, 1.165) is 45.6 Å². The van der Waals surface area contributed by atoms with Crippen LogP contribution in [0.4, 0.5) is 0 Å². The minimum atomic E-state index is -0.0916. The quantitative estimate of drug-likeness (QED) is 0.374. The highest BCUT2D eigenvalue weighted by atomic mass is 16.5. The summed E-state index contributed by atoms with van der Waals surface area (Å²) in [6, 6.07) is 18.1. The minimum absolute atomic E-state index is 0.0916. The molecular weight excluding hydrogens is 440 g/mol. The highest BCUT2D eigenvalue weighted by Gasteiger charge is 2.33. The van der Waals surface area contributed by atoms with Gasteiger partial charge in [-0.05, 0) is 42.8 Å². The first-order valence-electron chi connectivity index (χ1n) is 11.6. The molecule has 2 aliphatic rings. The number of nitrogens with zero attached hydrogens (tertiary/aromatic N) is 2. The lowest BCUT2D eigenvalue weighted by molar-refractivity contribution is 0.0876. The highest BCUT2D eigenvalue weighted by molar-refractivity contribution is 6.15. The summed E-state index contributed by atoms with van der Waals surface area (Å²) in [5.41, 5.74) is 5.72. The van der Waals surface area contributed by atoms with E-state index in [4.69, 9.17) is 14.2 Å². The number of allylic oxidation sites excluding steroid dienone is 1. The van der Waals surface area contributed by atoms with Crippen LogP contribution in [0.5, 0.6) is 17.2 Å². The largest absolute Gasteiger partial charge is 0.497 e. The van der Waals surface area contributed by atoms with Crippen LogP contribution < -0.4 is 14.2 Å². The van der Waals surface area contributed by atoms with Crippen LogP contribution >= 0.6 is 0 Å². The number of aromatic nitrogens is 1. The molecule has 176 valence electrons. The maximum absolute atomic E-state index is 13.3. The van der Waals surface area contributed by atoms with Crippen LogP contribution in [0.2, 0.25) is 0 Å². The molecule has 0 N–H and O–H groups in total. The van der Waals surface area contributed by atoms with Gasteiger partial charge in [0.25, 0.3) is 0 Å². The third kappa shape index (κ3) is 3.67. The number of Topliss-reactive ketones (excluding diaryl/α,β-unsaturated/α-hetero) is 1. The zero-order chi connectivity index (χ0) is 24.1. The molecule has 4 aromatic rings. The van der Waals surface area contributed by atoms with Crippen LogP contribution in [0.1, 0.15) is 32.6 Å². The van der Waals surface area contributed by atoms with Gasteiger partial charge in [0.15, 0.2) is 5.76 Å². The molecule has 0 saturated carbocycles. The van der Waals surface area contributed by atoms with Crippen LogP contribution in [-0.2, 0) is 20.1 Å². The average Bonchev–Trinajstić information content (AvgIpc) is 3.36. The van der Waals surface area contributed by atoms with Crippen LogP contribution in [0.25, 0.3) is 17.0 Å². The fraction of sp³-hybridized carbons (Fsp3) is 0.207. The Kier molecular flexibility index (Phi) is 5.11. The number of methoxy groups -OCH3 is 1. The smallest absolute Gasteiger partial charge is 0.231 e. The van der Waals surface area contributed by atoms with Gasteiger partial charge in [0.05, 0.1) is 12.7 Å². The zero-order valence-electron chi connectivity index (χ0n) is 20.0. The Morgan fingerprint density at radius 2 is 1.89 bits per heavy atom. The Morgan fingerprint density at radius 1 is 1.09 bits per heavy atom. The van der Waals surface area contributed by atoms with Crippen molar-refractivity contribution in [2.24, 2.45) is 7.05 Å². The summed E-state index contributed by atoms with van der Waals surface area (Å²) in [4.78, 5) is 15.6. The first kappa shape index (κ1) is 21.5. The van der Waals surface area contributed by atoms with Gasteiger partial charge in [-0.25, -0.2) is 0 Å². The van der Waals surface area contributed by atoms with Gasteiger partial charge < -0.3 is 18.8 Å². The van der Waals surface area contributed by atoms with Crippen molar-refractivity contribution in [1.82, 2.24) is 9.47 Å². The summed E-state index contributed by atoms with van der Waals surface area (Å²) >= 11 is 0. The molecule has 3 aromatic carbocycles. The molecule has 1 aromatic heterocycles. The molecule has 2 aliphatic heterocycles. The van der Waals surface area contributed by atoms with Crippen molar-refractivity contribution in [3.05, 3.63) is 94.4 Å². The maximum atomic E-state index is 13.3. The maximum Gasteiger partial charge on any atom is 0.231 e. The number of carbonyl (C=O) groups is 1. The normalized spacial score (nSPS) is 16.2. The lowest BCUT2D eigenvalue weighted by Gasteiger charge is -2.30. The first-order chi connectivity index (χ1) is 17.0. The van der Waals surface area contributed by atoms with Crippen molar-refractivity contribution >= 4 is 22.8 Å². The number of rotatable bonds is 4. The van der Waals surface area contributed by atoms with E-state index in [2.05, 4.69) is 33.7 Å². The van der Waals surface area contributed by atoms with Gasteiger partial charge >= 0.3 is 0 Å². The molecule has 0 unspecified atom stereocenters. The Balaban J connectivity index is 1.28. The molecule has 6 rings (SSSR count).